The summed E-state index contributed by atoms with van der Waals surface area (Å²) < 4.78 is 0. The van der Waals surface area contributed by atoms with Gasteiger partial charge in [0.2, 0.25) is 0 Å². The van der Waals surface area contributed by atoms with E-state index in [0.29, 0.717) is 19.4 Å². The van der Waals surface area contributed by atoms with E-state index in [1.165, 1.54) is 0 Å². The van der Waals surface area contributed by atoms with Gasteiger partial charge >= 0.3 is 5.97 Å². The van der Waals surface area contributed by atoms with E-state index in [4.69, 9.17) is 28.2 Å². The van der Waals surface area contributed by atoms with Gasteiger partial charge in [0.15, 0.2) is 0 Å². The minimum absolute atomic E-state index is 0. The molecule has 0 aromatic heterocycles. The number of carbonyl (C=O) groups is 1. The molecular formula is C7H16Cl2N2O2. The second-order valence-electron chi connectivity index (χ2n) is 2.84. The number of halogens is 2. The molecule has 1 atom stereocenters. The fourth-order valence-corrected chi connectivity index (χ4v) is 1.06. The van der Waals surface area contributed by atoms with Crippen LogP contribution in [0, 0.1) is 0 Å². The van der Waals surface area contributed by atoms with Crippen LogP contribution in [-0.4, -0.2) is 29.0 Å². The Bertz CT molecular complexity index is 157. The van der Waals surface area contributed by atoms with Gasteiger partial charge in [0.05, 0.1) is 5.88 Å². The van der Waals surface area contributed by atoms with Crippen molar-refractivity contribution in [3.05, 3.63) is 0 Å². The fourth-order valence-electron chi connectivity index (χ4n) is 0.816. The summed E-state index contributed by atoms with van der Waals surface area (Å²) in [5.74, 6) is -1.11. The van der Waals surface area contributed by atoms with Gasteiger partial charge in [0.1, 0.15) is 5.54 Å². The Labute approximate surface area is 89.0 Å². The number of hydrogen-bond donors (Lipinski definition) is 3. The van der Waals surface area contributed by atoms with Crippen LogP contribution in [0.3, 0.4) is 0 Å². The number of hydrogen-bond acceptors (Lipinski definition) is 3. The van der Waals surface area contributed by atoms with Gasteiger partial charge in [-0.05, 0) is 25.8 Å². The number of unbranched alkanes of at least 4 members (excludes halogenated alkanes) is 1. The minimum Gasteiger partial charge on any atom is -0.480 e. The molecule has 0 aliphatic rings. The lowest BCUT2D eigenvalue weighted by atomic mass is 9.96. The fraction of sp³-hybridized carbons (Fsp3) is 0.857. The zero-order chi connectivity index (χ0) is 9.61. The molecule has 0 saturated carbocycles. The Morgan fingerprint density at radius 2 is 2.00 bits per heavy atom. The second kappa shape index (κ2) is 7.38. The van der Waals surface area contributed by atoms with Crippen LogP contribution in [-0.2, 0) is 4.79 Å². The van der Waals surface area contributed by atoms with Crippen LogP contribution in [0.25, 0.3) is 0 Å². The first-order valence-corrected chi connectivity index (χ1v) is 4.38. The van der Waals surface area contributed by atoms with Gasteiger partial charge in [-0.1, -0.05) is 0 Å². The van der Waals surface area contributed by atoms with E-state index < -0.39 is 11.5 Å². The Kier molecular flexibility index (Phi) is 8.77. The second-order valence-corrected chi connectivity index (χ2v) is 3.11. The molecular weight excluding hydrogens is 215 g/mol. The van der Waals surface area contributed by atoms with Crippen molar-refractivity contribution in [2.24, 2.45) is 11.5 Å². The molecule has 0 radical (unpaired) electrons. The van der Waals surface area contributed by atoms with Gasteiger partial charge < -0.3 is 16.6 Å². The van der Waals surface area contributed by atoms with Crippen LogP contribution in [0.1, 0.15) is 19.3 Å². The van der Waals surface area contributed by atoms with Crippen molar-refractivity contribution >= 4 is 30.0 Å². The Morgan fingerprint density at radius 1 is 1.46 bits per heavy atom. The van der Waals surface area contributed by atoms with Gasteiger partial charge in [-0.15, -0.1) is 24.0 Å². The number of alkyl halides is 1. The first-order chi connectivity index (χ1) is 5.56. The van der Waals surface area contributed by atoms with E-state index in [2.05, 4.69) is 0 Å². The molecule has 0 spiro atoms. The largest absolute Gasteiger partial charge is 0.480 e. The first kappa shape index (κ1) is 15.4. The molecule has 0 aromatic carbocycles. The van der Waals surface area contributed by atoms with Gasteiger partial charge in [0, 0.05) is 0 Å². The van der Waals surface area contributed by atoms with Gasteiger partial charge in [-0.3, -0.25) is 4.79 Å². The molecule has 4 nitrogen and oxygen atoms in total. The van der Waals surface area contributed by atoms with Crippen molar-refractivity contribution in [1.82, 2.24) is 0 Å². The summed E-state index contributed by atoms with van der Waals surface area (Å²) in [5, 5.41) is 8.69. The van der Waals surface area contributed by atoms with Crippen LogP contribution >= 0.6 is 24.0 Å². The van der Waals surface area contributed by atoms with Crippen molar-refractivity contribution in [1.29, 1.82) is 0 Å². The number of carboxylic acids is 1. The number of carboxylic acid groups (broad SMARTS) is 1. The highest BCUT2D eigenvalue weighted by atomic mass is 35.5. The molecule has 0 heterocycles. The first-order valence-electron chi connectivity index (χ1n) is 3.85. The third-order valence-electron chi connectivity index (χ3n) is 1.74. The maximum atomic E-state index is 10.6. The lowest BCUT2D eigenvalue weighted by Crippen LogP contribution is -2.49. The molecule has 13 heavy (non-hydrogen) atoms. The third-order valence-corrected chi connectivity index (χ3v) is 2.22. The summed E-state index contributed by atoms with van der Waals surface area (Å²) in [6, 6.07) is 0. The van der Waals surface area contributed by atoms with Crippen molar-refractivity contribution in [2.75, 3.05) is 12.4 Å². The Hall–Kier alpha value is -0.0300. The molecule has 0 saturated heterocycles. The Balaban J connectivity index is 0. The van der Waals surface area contributed by atoms with Gasteiger partial charge in [-0.25, -0.2) is 0 Å². The molecule has 0 fully saturated rings. The van der Waals surface area contributed by atoms with E-state index in [-0.39, 0.29) is 18.3 Å². The number of nitrogens with two attached hydrogens (primary N) is 2. The zero-order valence-electron chi connectivity index (χ0n) is 7.33. The molecule has 80 valence electrons. The van der Waals surface area contributed by atoms with Crippen molar-refractivity contribution in [3.8, 4) is 0 Å². The summed E-state index contributed by atoms with van der Waals surface area (Å²) in [7, 11) is 0. The average molecular weight is 231 g/mol. The summed E-state index contributed by atoms with van der Waals surface area (Å²) >= 11 is 5.45. The summed E-state index contributed by atoms with van der Waals surface area (Å²) in [5.41, 5.74) is 9.48. The predicted molar refractivity (Wildman–Crippen MR) is 55.4 cm³/mol. The highest BCUT2D eigenvalue weighted by Gasteiger charge is 2.31. The van der Waals surface area contributed by atoms with E-state index in [9.17, 15) is 4.79 Å². The monoisotopic (exact) mass is 230 g/mol. The summed E-state index contributed by atoms with van der Waals surface area (Å²) in [6.07, 6.45) is 1.86. The predicted octanol–water partition coefficient (Wildman–Crippen LogP) is 0.558. The molecule has 0 aliphatic heterocycles. The molecule has 0 aliphatic carbocycles. The third kappa shape index (κ3) is 5.31. The van der Waals surface area contributed by atoms with Crippen LogP contribution in [0.15, 0.2) is 0 Å². The van der Waals surface area contributed by atoms with Crippen molar-refractivity contribution in [2.45, 2.75) is 24.8 Å². The van der Waals surface area contributed by atoms with E-state index in [0.717, 1.165) is 6.42 Å². The normalized spacial score (nSPS) is 14.4. The molecule has 0 amide bonds. The molecule has 6 heteroatoms. The average Bonchev–Trinajstić information content (AvgIpc) is 2.04. The quantitative estimate of drug-likeness (QED) is 0.460. The Morgan fingerprint density at radius 3 is 2.31 bits per heavy atom. The van der Waals surface area contributed by atoms with Crippen molar-refractivity contribution < 1.29 is 9.90 Å². The lowest BCUT2D eigenvalue weighted by molar-refractivity contribution is -0.142. The standard InChI is InChI=1S/C7H15ClN2O2.ClH/c8-5-7(10,6(11)12)3-1-2-4-9;/h1-5,9-10H2,(H,11,12);1H. The molecule has 0 rings (SSSR count). The van der Waals surface area contributed by atoms with E-state index >= 15 is 0 Å². The lowest BCUT2D eigenvalue weighted by Gasteiger charge is -2.21. The molecule has 0 aromatic rings. The van der Waals surface area contributed by atoms with Crippen LogP contribution < -0.4 is 11.5 Å². The number of aliphatic carboxylic acids is 1. The SMILES string of the molecule is Cl.NCCCCC(N)(CCl)C(=O)O. The highest BCUT2D eigenvalue weighted by Crippen LogP contribution is 2.13. The van der Waals surface area contributed by atoms with E-state index in [1.807, 2.05) is 0 Å². The molecule has 5 N–H and O–H groups in total. The van der Waals surface area contributed by atoms with Crippen LogP contribution in [0.2, 0.25) is 0 Å². The van der Waals surface area contributed by atoms with Gasteiger partial charge in [-0.2, -0.15) is 0 Å². The van der Waals surface area contributed by atoms with Crippen LogP contribution in [0.5, 0.6) is 0 Å². The summed E-state index contributed by atoms with van der Waals surface area (Å²) in [6.45, 7) is 0.554. The number of rotatable bonds is 6. The minimum atomic E-state index is -1.28. The van der Waals surface area contributed by atoms with Crippen molar-refractivity contribution in [3.63, 3.8) is 0 Å². The van der Waals surface area contributed by atoms with Crippen LogP contribution in [0.4, 0.5) is 0 Å². The maximum absolute atomic E-state index is 10.6. The van der Waals surface area contributed by atoms with E-state index in [1.54, 1.807) is 0 Å². The topological polar surface area (TPSA) is 89.3 Å². The molecule has 0 bridgehead atoms. The zero-order valence-corrected chi connectivity index (χ0v) is 8.90. The highest BCUT2D eigenvalue weighted by molar-refractivity contribution is 6.20. The molecule has 1 unspecified atom stereocenters. The smallest absolute Gasteiger partial charge is 0.324 e. The maximum Gasteiger partial charge on any atom is 0.324 e. The van der Waals surface area contributed by atoms with Gasteiger partial charge in [0.25, 0.3) is 0 Å². The summed E-state index contributed by atoms with van der Waals surface area (Å²) in [4.78, 5) is 10.6.